The normalized spacial score (nSPS) is 11.1. The van der Waals surface area contributed by atoms with Gasteiger partial charge in [0.1, 0.15) is 17.9 Å². The van der Waals surface area contributed by atoms with Gasteiger partial charge in [-0.05, 0) is 19.1 Å². The van der Waals surface area contributed by atoms with Gasteiger partial charge in [-0.1, -0.05) is 6.07 Å². The molecule has 18 heavy (non-hydrogen) atoms. The zero-order valence-electron chi connectivity index (χ0n) is 10.4. The third-order valence-corrected chi connectivity index (χ3v) is 2.32. The summed E-state index contributed by atoms with van der Waals surface area (Å²) in [7, 11) is 1.55. The molecule has 1 rings (SSSR count). The van der Waals surface area contributed by atoms with Crippen LogP contribution in [0.3, 0.4) is 0 Å². The smallest absolute Gasteiger partial charge is 0.143 e. The van der Waals surface area contributed by atoms with Crippen molar-refractivity contribution in [3.8, 4) is 17.9 Å². The van der Waals surface area contributed by atoms with E-state index in [-0.39, 0.29) is 0 Å². The number of methoxy groups -OCH3 is 1. The molecule has 5 heteroatoms. The topological polar surface area (TPSA) is 78.1 Å². The fourth-order valence-corrected chi connectivity index (χ4v) is 1.43. The Hall–Kier alpha value is -2.24. The number of benzene rings is 1. The van der Waals surface area contributed by atoms with Crippen molar-refractivity contribution >= 4 is 5.69 Å². The summed E-state index contributed by atoms with van der Waals surface area (Å²) in [6, 6.07) is 9.33. The first-order chi connectivity index (χ1) is 8.72. The van der Waals surface area contributed by atoms with E-state index < -0.39 is 6.10 Å². The Kier molecular flexibility index (Phi) is 5.50. The van der Waals surface area contributed by atoms with E-state index in [0.29, 0.717) is 30.2 Å². The molecule has 0 aliphatic rings. The van der Waals surface area contributed by atoms with Gasteiger partial charge in [-0.25, -0.2) is 0 Å². The van der Waals surface area contributed by atoms with Crippen molar-refractivity contribution in [2.24, 2.45) is 0 Å². The predicted molar refractivity (Wildman–Crippen MR) is 67.2 cm³/mol. The third kappa shape index (κ3) is 3.65. The molecule has 5 nitrogen and oxygen atoms in total. The van der Waals surface area contributed by atoms with Crippen LogP contribution in [0.2, 0.25) is 0 Å². The van der Waals surface area contributed by atoms with Crippen molar-refractivity contribution in [2.75, 3.05) is 25.6 Å². The summed E-state index contributed by atoms with van der Waals surface area (Å²) in [5.41, 5.74) is 1.17. The van der Waals surface area contributed by atoms with Crippen LogP contribution >= 0.6 is 0 Å². The van der Waals surface area contributed by atoms with Crippen molar-refractivity contribution in [2.45, 2.75) is 13.0 Å². The van der Waals surface area contributed by atoms with Crippen LogP contribution in [0.25, 0.3) is 0 Å². The Morgan fingerprint density at radius 3 is 2.78 bits per heavy atom. The second kappa shape index (κ2) is 7.16. The largest absolute Gasteiger partial charge is 0.495 e. The van der Waals surface area contributed by atoms with Crippen LogP contribution in [-0.2, 0) is 4.74 Å². The van der Waals surface area contributed by atoms with E-state index >= 15 is 0 Å². The maximum absolute atomic E-state index is 9.00. The van der Waals surface area contributed by atoms with E-state index in [9.17, 15) is 0 Å². The van der Waals surface area contributed by atoms with Gasteiger partial charge >= 0.3 is 0 Å². The van der Waals surface area contributed by atoms with Crippen LogP contribution in [-0.4, -0.2) is 26.4 Å². The Morgan fingerprint density at radius 2 is 2.17 bits per heavy atom. The number of para-hydroxylation sites is 1. The fourth-order valence-electron chi connectivity index (χ4n) is 1.43. The zero-order chi connectivity index (χ0) is 13.4. The average Bonchev–Trinajstić information content (AvgIpc) is 2.42. The van der Waals surface area contributed by atoms with Crippen LogP contribution in [0.15, 0.2) is 18.2 Å². The van der Waals surface area contributed by atoms with Crippen molar-refractivity contribution in [1.82, 2.24) is 0 Å². The second-order valence-electron chi connectivity index (χ2n) is 3.56. The molecule has 94 valence electrons. The molecule has 0 fully saturated rings. The van der Waals surface area contributed by atoms with Gasteiger partial charge in [-0.2, -0.15) is 10.5 Å². The van der Waals surface area contributed by atoms with Crippen LogP contribution in [0.4, 0.5) is 5.69 Å². The maximum Gasteiger partial charge on any atom is 0.143 e. The van der Waals surface area contributed by atoms with E-state index in [1.54, 1.807) is 32.2 Å². The molecule has 0 saturated heterocycles. The van der Waals surface area contributed by atoms with E-state index in [1.807, 2.05) is 6.07 Å². The summed E-state index contributed by atoms with van der Waals surface area (Å²) >= 11 is 0. The van der Waals surface area contributed by atoms with Crippen molar-refractivity contribution < 1.29 is 9.47 Å². The maximum atomic E-state index is 9.00. The van der Waals surface area contributed by atoms with Gasteiger partial charge in [-0.15, -0.1) is 0 Å². The highest BCUT2D eigenvalue weighted by molar-refractivity contribution is 5.66. The van der Waals surface area contributed by atoms with Gasteiger partial charge < -0.3 is 14.8 Å². The van der Waals surface area contributed by atoms with Crippen molar-refractivity contribution in [3.63, 3.8) is 0 Å². The number of nitrogens with one attached hydrogen (secondary N) is 1. The quantitative estimate of drug-likeness (QED) is 0.774. The first-order valence-electron chi connectivity index (χ1n) is 5.55. The van der Waals surface area contributed by atoms with E-state index in [2.05, 4.69) is 11.4 Å². The molecule has 0 radical (unpaired) electrons. The minimum atomic E-state index is -0.431. The van der Waals surface area contributed by atoms with Crippen LogP contribution in [0.1, 0.15) is 12.5 Å². The Bertz CT molecular complexity index is 474. The lowest BCUT2D eigenvalue weighted by molar-refractivity contribution is 0.111. The Labute approximate surface area is 107 Å². The van der Waals surface area contributed by atoms with E-state index in [0.717, 1.165) is 0 Å². The monoisotopic (exact) mass is 245 g/mol. The molecule has 1 aromatic rings. The minimum Gasteiger partial charge on any atom is -0.495 e. The molecule has 1 unspecified atom stereocenters. The molecule has 0 aliphatic carbocycles. The number of hydrogen-bond donors (Lipinski definition) is 1. The summed E-state index contributed by atoms with van der Waals surface area (Å²) in [4.78, 5) is 0. The molecule has 1 atom stereocenters. The molecule has 0 bridgehead atoms. The number of rotatable bonds is 6. The van der Waals surface area contributed by atoms with Gasteiger partial charge in [0.05, 0.1) is 31.0 Å². The lowest BCUT2D eigenvalue weighted by atomic mass is 10.2. The highest BCUT2D eigenvalue weighted by Gasteiger charge is 2.08. The number of nitrogens with zero attached hydrogens (tertiary/aromatic N) is 2. The summed E-state index contributed by atoms with van der Waals surface area (Å²) < 4.78 is 10.4. The van der Waals surface area contributed by atoms with Crippen LogP contribution < -0.4 is 10.1 Å². The SMILES string of the molecule is COc1cccc(C#N)c1NCCOC(C)C#N. The van der Waals surface area contributed by atoms with Gasteiger partial charge in [0.25, 0.3) is 0 Å². The molecule has 0 aliphatic heterocycles. The summed E-state index contributed by atoms with van der Waals surface area (Å²) in [5, 5.41) is 20.6. The average molecular weight is 245 g/mol. The van der Waals surface area contributed by atoms with Gasteiger partial charge in [-0.3, -0.25) is 0 Å². The molecule has 0 saturated carbocycles. The highest BCUT2D eigenvalue weighted by Crippen LogP contribution is 2.27. The van der Waals surface area contributed by atoms with Crippen LogP contribution in [0, 0.1) is 22.7 Å². The summed E-state index contributed by atoms with van der Waals surface area (Å²) in [6.45, 7) is 2.57. The number of nitriles is 2. The third-order valence-electron chi connectivity index (χ3n) is 2.32. The molecule has 1 aromatic carbocycles. The summed E-state index contributed by atoms with van der Waals surface area (Å²) in [6.07, 6.45) is -0.431. The second-order valence-corrected chi connectivity index (χ2v) is 3.56. The number of anilines is 1. The molecular formula is C13H15N3O2. The summed E-state index contributed by atoms with van der Waals surface area (Å²) in [5.74, 6) is 0.613. The van der Waals surface area contributed by atoms with E-state index in [4.69, 9.17) is 20.0 Å². The van der Waals surface area contributed by atoms with E-state index in [1.165, 1.54) is 0 Å². The van der Waals surface area contributed by atoms with Crippen molar-refractivity contribution in [3.05, 3.63) is 23.8 Å². The molecule has 0 spiro atoms. The molecule has 0 heterocycles. The van der Waals surface area contributed by atoms with Crippen LogP contribution in [0.5, 0.6) is 5.75 Å². The number of ether oxygens (including phenoxy) is 2. The van der Waals surface area contributed by atoms with Crippen molar-refractivity contribution in [1.29, 1.82) is 10.5 Å². The van der Waals surface area contributed by atoms with Gasteiger partial charge in [0.15, 0.2) is 0 Å². The first kappa shape index (κ1) is 13.8. The van der Waals surface area contributed by atoms with Gasteiger partial charge in [0.2, 0.25) is 0 Å². The highest BCUT2D eigenvalue weighted by atomic mass is 16.5. The lowest BCUT2D eigenvalue weighted by Crippen LogP contribution is -2.15. The number of hydrogen-bond acceptors (Lipinski definition) is 5. The molecule has 0 amide bonds. The zero-order valence-corrected chi connectivity index (χ0v) is 10.4. The Balaban J connectivity index is 2.62. The molecular weight excluding hydrogens is 230 g/mol. The predicted octanol–water partition coefficient (Wildman–Crippen LogP) is 1.91. The molecule has 1 N–H and O–H groups in total. The Morgan fingerprint density at radius 1 is 1.39 bits per heavy atom. The van der Waals surface area contributed by atoms with Gasteiger partial charge in [0, 0.05) is 6.54 Å². The lowest BCUT2D eigenvalue weighted by Gasteiger charge is -2.13. The standard InChI is InChI=1S/C13H15N3O2/c1-10(8-14)18-7-6-16-13-11(9-15)4-3-5-12(13)17-2/h3-5,10,16H,6-7H2,1-2H3. The fraction of sp³-hybridized carbons (Fsp3) is 0.385. The minimum absolute atomic E-state index is 0.387. The molecule has 0 aromatic heterocycles. The first-order valence-corrected chi connectivity index (χ1v) is 5.55.